The van der Waals surface area contributed by atoms with Crippen molar-refractivity contribution in [3.63, 3.8) is 0 Å². The molecule has 0 aliphatic heterocycles. The molecule has 0 amide bonds. The quantitative estimate of drug-likeness (QED) is 0.317. The standard InChI is InChI=1S/C16H34O3S/c17-11-13-19-15-14-18-12-9-7-5-3-1-2-4-6-8-10-16-20/h17,20H,1-16H2. The van der Waals surface area contributed by atoms with Gasteiger partial charge in [0.05, 0.1) is 26.4 Å². The van der Waals surface area contributed by atoms with Crippen LogP contribution in [-0.4, -0.2) is 43.9 Å². The molecule has 0 bridgehead atoms. The maximum Gasteiger partial charge on any atom is 0.0701 e. The molecule has 122 valence electrons. The smallest absolute Gasteiger partial charge is 0.0701 e. The predicted molar refractivity (Wildman–Crippen MR) is 88.7 cm³/mol. The molecule has 0 aromatic heterocycles. The topological polar surface area (TPSA) is 38.7 Å². The van der Waals surface area contributed by atoms with E-state index in [1.54, 1.807) is 0 Å². The SMILES string of the molecule is OCCOCCOCCCCCCCCCCCCS. The number of unbranched alkanes of at least 4 members (excludes halogenated alkanes) is 9. The van der Waals surface area contributed by atoms with E-state index in [2.05, 4.69) is 12.6 Å². The van der Waals surface area contributed by atoms with E-state index in [9.17, 15) is 0 Å². The van der Waals surface area contributed by atoms with Gasteiger partial charge in [0.1, 0.15) is 0 Å². The number of hydrogen-bond donors (Lipinski definition) is 2. The Morgan fingerprint density at radius 3 is 1.50 bits per heavy atom. The number of aliphatic hydroxyl groups excluding tert-OH is 1. The second-order valence-corrected chi connectivity index (χ2v) is 5.65. The molecule has 0 saturated carbocycles. The van der Waals surface area contributed by atoms with Crippen LogP contribution < -0.4 is 0 Å². The lowest BCUT2D eigenvalue weighted by Gasteiger charge is -2.05. The van der Waals surface area contributed by atoms with Crippen LogP contribution in [0.15, 0.2) is 0 Å². The number of thiol groups is 1. The molecule has 3 nitrogen and oxygen atoms in total. The summed E-state index contributed by atoms with van der Waals surface area (Å²) in [5.41, 5.74) is 0. The third-order valence-electron chi connectivity index (χ3n) is 3.30. The van der Waals surface area contributed by atoms with Crippen LogP contribution in [0.3, 0.4) is 0 Å². The first-order valence-electron chi connectivity index (χ1n) is 8.29. The van der Waals surface area contributed by atoms with Gasteiger partial charge in [-0.3, -0.25) is 0 Å². The van der Waals surface area contributed by atoms with Crippen molar-refractivity contribution < 1.29 is 14.6 Å². The third kappa shape index (κ3) is 18.2. The molecule has 4 heteroatoms. The van der Waals surface area contributed by atoms with Gasteiger partial charge in [0.25, 0.3) is 0 Å². The Morgan fingerprint density at radius 2 is 1.00 bits per heavy atom. The van der Waals surface area contributed by atoms with E-state index < -0.39 is 0 Å². The molecule has 0 spiro atoms. The Bertz CT molecular complexity index is 150. The van der Waals surface area contributed by atoms with Crippen LogP contribution in [0.1, 0.15) is 64.2 Å². The fourth-order valence-corrected chi connectivity index (χ4v) is 2.34. The van der Waals surface area contributed by atoms with Crippen LogP contribution in [0.4, 0.5) is 0 Å². The van der Waals surface area contributed by atoms with E-state index in [-0.39, 0.29) is 6.61 Å². The molecule has 0 aromatic carbocycles. The first kappa shape index (κ1) is 20.2. The zero-order valence-electron chi connectivity index (χ0n) is 13.0. The normalized spacial score (nSPS) is 11.1. The van der Waals surface area contributed by atoms with Crippen molar-refractivity contribution in [1.29, 1.82) is 0 Å². The Morgan fingerprint density at radius 1 is 0.550 bits per heavy atom. The van der Waals surface area contributed by atoms with Gasteiger partial charge >= 0.3 is 0 Å². The molecule has 1 N–H and O–H groups in total. The molecule has 0 radical (unpaired) electrons. The van der Waals surface area contributed by atoms with Crippen molar-refractivity contribution in [1.82, 2.24) is 0 Å². The third-order valence-corrected chi connectivity index (χ3v) is 3.62. The predicted octanol–water partition coefficient (Wildman–Crippen LogP) is 3.84. The molecule has 0 heterocycles. The number of hydrogen-bond acceptors (Lipinski definition) is 4. The second kappa shape index (κ2) is 19.2. The summed E-state index contributed by atoms with van der Waals surface area (Å²) in [5.74, 6) is 1.04. The van der Waals surface area contributed by atoms with Gasteiger partial charge in [-0.1, -0.05) is 51.4 Å². The largest absolute Gasteiger partial charge is 0.394 e. The minimum atomic E-state index is 0.0925. The molecule has 20 heavy (non-hydrogen) atoms. The average Bonchev–Trinajstić information content (AvgIpc) is 2.47. The van der Waals surface area contributed by atoms with E-state index in [1.165, 1.54) is 57.8 Å². The Balaban J connectivity index is 2.89. The summed E-state index contributed by atoms with van der Waals surface area (Å²) in [7, 11) is 0. The maximum atomic E-state index is 8.51. The van der Waals surface area contributed by atoms with E-state index in [0.29, 0.717) is 19.8 Å². The van der Waals surface area contributed by atoms with Crippen LogP contribution in [0, 0.1) is 0 Å². The van der Waals surface area contributed by atoms with Crippen LogP contribution in [-0.2, 0) is 9.47 Å². The minimum Gasteiger partial charge on any atom is -0.394 e. The summed E-state index contributed by atoms with van der Waals surface area (Å²) in [6, 6.07) is 0. The van der Waals surface area contributed by atoms with Crippen molar-refractivity contribution in [2.45, 2.75) is 64.2 Å². The van der Waals surface area contributed by atoms with Gasteiger partial charge in [-0.05, 0) is 18.6 Å². The lowest BCUT2D eigenvalue weighted by atomic mass is 10.1. The molecule has 0 rings (SSSR count). The fraction of sp³-hybridized carbons (Fsp3) is 1.00. The zero-order valence-corrected chi connectivity index (χ0v) is 13.9. The van der Waals surface area contributed by atoms with E-state index in [4.69, 9.17) is 14.6 Å². The Hall–Kier alpha value is 0.230. The fourth-order valence-electron chi connectivity index (χ4n) is 2.12. The highest BCUT2D eigenvalue weighted by Crippen LogP contribution is 2.10. The maximum absolute atomic E-state index is 8.51. The van der Waals surface area contributed by atoms with Gasteiger partial charge in [-0.15, -0.1) is 0 Å². The van der Waals surface area contributed by atoms with Gasteiger partial charge in [0, 0.05) is 6.61 Å². The first-order chi connectivity index (χ1) is 9.91. The highest BCUT2D eigenvalue weighted by molar-refractivity contribution is 7.80. The molecule has 0 unspecified atom stereocenters. The van der Waals surface area contributed by atoms with Crippen molar-refractivity contribution in [3.05, 3.63) is 0 Å². The molecule has 0 aliphatic rings. The van der Waals surface area contributed by atoms with Crippen molar-refractivity contribution in [2.75, 3.05) is 38.8 Å². The van der Waals surface area contributed by atoms with Gasteiger partial charge in [-0.2, -0.15) is 12.6 Å². The van der Waals surface area contributed by atoms with Gasteiger partial charge in [-0.25, -0.2) is 0 Å². The second-order valence-electron chi connectivity index (χ2n) is 5.21. The van der Waals surface area contributed by atoms with Gasteiger partial charge in [0.2, 0.25) is 0 Å². The van der Waals surface area contributed by atoms with Crippen LogP contribution in [0.2, 0.25) is 0 Å². The molecular weight excluding hydrogens is 272 g/mol. The molecule has 0 aromatic rings. The molecule has 0 aliphatic carbocycles. The van der Waals surface area contributed by atoms with E-state index in [1.807, 2.05) is 0 Å². The summed E-state index contributed by atoms with van der Waals surface area (Å²) in [6.07, 6.45) is 13.3. The summed E-state index contributed by atoms with van der Waals surface area (Å²) in [4.78, 5) is 0. The van der Waals surface area contributed by atoms with Crippen molar-refractivity contribution in [2.24, 2.45) is 0 Å². The minimum absolute atomic E-state index is 0.0925. The Labute approximate surface area is 130 Å². The number of rotatable bonds is 17. The van der Waals surface area contributed by atoms with Crippen molar-refractivity contribution >= 4 is 12.6 Å². The highest BCUT2D eigenvalue weighted by atomic mass is 32.1. The first-order valence-corrected chi connectivity index (χ1v) is 8.92. The highest BCUT2D eigenvalue weighted by Gasteiger charge is 1.94. The summed E-state index contributed by atoms with van der Waals surface area (Å²) < 4.78 is 10.6. The molecular formula is C16H34O3S. The Kier molecular flexibility index (Phi) is 19.5. The summed E-state index contributed by atoms with van der Waals surface area (Å²) >= 11 is 4.22. The monoisotopic (exact) mass is 306 g/mol. The summed E-state index contributed by atoms with van der Waals surface area (Å²) in [5, 5.41) is 8.51. The number of aliphatic hydroxyl groups is 1. The molecule has 0 fully saturated rings. The lowest BCUT2D eigenvalue weighted by molar-refractivity contribution is 0.0321. The molecule has 0 atom stereocenters. The molecule has 0 saturated heterocycles. The average molecular weight is 307 g/mol. The van der Waals surface area contributed by atoms with Crippen LogP contribution >= 0.6 is 12.6 Å². The van der Waals surface area contributed by atoms with Crippen LogP contribution in [0.5, 0.6) is 0 Å². The van der Waals surface area contributed by atoms with Crippen LogP contribution in [0.25, 0.3) is 0 Å². The van der Waals surface area contributed by atoms with Crippen molar-refractivity contribution in [3.8, 4) is 0 Å². The van der Waals surface area contributed by atoms with E-state index >= 15 is 0 Å². The summed E-state index contributed by atoms with van der Waals surface area (Å²) in [6.45, 7) is 2.58. The zero-order chi connectivity index (χ0) is 14.7. The lowest BCUT2D eigenvalue weighted by Crippen LogP contribution is -2.07. The number of ether oxygens (including phenoxy) is 2. The van der Waals surface area contributed by atoms with Gasteiger partial charge < -0.3 is 14.6 Å². The van der Waals surface area contributed by atoms with Gasteiger partial charge in [0.15, 0.2) is 0 Å². The van der Waals surface area contributed by atoms with E-state index in [0.717, 1.165) is 18.8 Å².